The van der Waals surface area contributed by atoms with Crippen LogP contribution in [0.25, 0.3) is 0 Å². The molecule has 21 heavy (non-hydrogen) atoms. The smallest absolute Gasteiger partial charge is 0.222 e. The molecule has 0 bridgehead atoms. The van der Waals surface area contributed by atoms with Crippen molar-refractivity contribution in [2.75, 3.05) is 24.2 Å². The van der Waals surface area contributed by atoms with Gasteiger partial charge in [-0.05, 0) is 33.6 Å². The third-order valence-corrected chi connectivity index (χ3v) is 3.11. The lowest BCUT2D eigenvalue weighted by molar-refractivity contribution is -0.122. The number of rotatable bonds is 6. The predicted molar refractivity (Wildman–Crippen MR) is 84.6 cm³/mol. The molecule has 1 heterocycles. The molecule has 1 aliphatic carbocycles. The third kappa shape index (κ3) is 5.21. The molecule has 1 saturated carbocycles. The Morgan fingerprint density at radius 1 is 1.29 bits per heavy atom. The van der Waals surface area contributed by atoms with Gasteiger partial charge in [-0.2, -0.15) is 0 Å². The van der Waals surface area contributed by atoms with Crippen molar-refractivity contribution < 1.29 is 4.79 Å². The molecule has 0 unspecified atom stereocenters. The molecule has 6 nitrogen and oxygen atoms in total. The zero-order valence-corrected chi connectivity index (χ0v) is 13.3. The van der Waals surface area contributed by atoms with Gasteiger partial charge in [0.1, 0.15) is 17.5 Å². The van der Waals surface area contributed by atoms with Crippen molar-refractivity contribution in [3.8, 4) is 0 Å². The van der Waals surface area contributed by atoms with Gasteiger partial charge in [-0.15, -0.1) is 0 Å². The summed E-state index contributed by atoms with van der Waals surface area (Å²) in [6.07, 6.45) is 2.76. The molecule has 3 N–H and O–H groups in total. The second-order valence-corrected chi connectivity index (χ2v) is 6.50. The molecular formula is C15H25N5O. The minimum Gasteiger partial charge on any atom is -0.373 e. The van der Waals surface area contributed by atoms with Gasteiger partial charge in [0, 0.05) is 37.5 Å². The lowest BCUT2D eigenvalue weighted by Gasteiger charge is -2.20. The van der Waals surface area contributed by atoms with E-state index in [1.54, 1.807) is 0 Å². The molecular weight excluding hydrogens is 266 g/mol. The van der Waals surface area contributed by atoms with E-state index in [-0.39, 0.29) is 11.4 Å². The summed E-state index contributed by atoms with van der Waals surface area (Å²) in [5.74, 6) is 3.03. The molecule has 1 fully saturated rings. The number of carbonyl (C=O) groups is 1. The maximum atomic E-state index is 11.8. The van der Waals surface area contributed by atoms with Crippen molar-refractivity contribution >= 4 is 17.5 Å². The Morgan fingerprint density at radius 2 is 1.95 bits per heavy atom. The van der Waals surface area contributed by atoms with E-state index in [1.807, 2.05) is 33.9 Å². The first-order chi connectivity index (χ1) is 9.87. The third-order valence-electron chi connectivity index (χ3n) is 3.11. The van der Waals surface area contributed by atoms with Gasteiger partial charge in [0.05, 0.1) is 0 Å². The van der Waals surface area contributed by atoms with Crippen molar-refractivity contribution in [1.82, 2.24) is 15.3 Å². The first-order valence-electron chi connectivity index (χ1n) is 7.49. The van der Waals surface area contributed by atoms with Gasteiger partial charge in [0.2, 0.25) is 5.91 Å². The predicted octanol–water partition coefficient (Wildman–Crippen LogP) is 2.11. The van der Waals surface area contributed by atoms with Gasteiger partial charge in [-0.3, -0.25) is 4.79 Å². The molecule has 1 aromatic rings. The number of hydrogen-bond donors (Lipinski definition) is 3. The summed E-state index contributed by atoms with van der Waals surface area (Å²) < 4.78 is 0. The molecule has 0 aliphatic heterocycles. The van der Waals surface area contributed by atoms with Gasteiger partial charge in [0.25, 0.3) is 0 Å². The van der Waals surface area contributed by atoms with E-state index in [0.29, 0.717) is 18.9 Å². The lowest BCUT2D eigenvalue weighted by Crippen LogP contribution is -2.41. The molecule has 0 spiro atoms. The fourth-order valence-corrected chi connectivity index (χ4v) is 1.99. The van der Waals surface area contributed by atoms with Gasteiger partial charge in [-0.1, -0.05) is 0 Å². The maximum Gasteiger partial charge on any atom is 0.222 e. The monoisotopic (exact) mass is 291 g/mol. The topological polar surface area (TPSA) is 78.9 Å². The summed E-state index contributed by atoms with van der Waals surface area (Å²) in [6.45, 7) is 6.49. The van der Waals surface area contributed by atoms with Crippen LogP contribution in [-0.4, -0.2) is 35.0 Å². The molecule has 2 rings (SSSR count). The number of nitrogens with one attached hydrogen (secondary N) is 3. The lowest BCUT2D eigenvalue weighted by atomic mass is 10.1. The van der Waals surface area contributed by atoms with E-state index in [9.17, 15) is 4.79 Å². The summed E-state index contributed by atoms with van der Waals surface area (Å²) in [5, 5.41) is 9.20. The molecule has 116 valence electrons. The SMILES string of the molecule is CNc1cc(NCCC(=O)NC(C)(C)C)nc(C2CC2)n1. The number of nitrogens with zero attached hydrogens (tertiary/aromatic N) is 2. The summed E-state index contributed by atoms with van der Waals surface area (Å²) >= 11 is 0. The molecule has 0 saturated heterocycles. The van der Waals surface area contributed by atoms with E-state index in [0.717, 1.165) is 17.5 Å². The van der Waals surface area contributed by atoms with Crippen LogP contribution in [0.4, 0.5) is 11.6 Å². The zero-order valence-electron chi connectivity index (χ0n) is 13.3. The number of anilines is 2. The first-order valence-corrected chi connectivity index (χ1v) is 7.49. The second kappa shape index (κ2) is 6.28. The zero-order chi connectivity index (χ0) is 15.5. The van der Waals surface area contributed by atoms with Gasteiger partial charge in [0.15, 0.2) is 0 Å². The van der Waals surface area contributed by atoms with Crippen LogP contribution in [0.1, 0.15) is 51.8 Å². The number of hydrogen-bond acceptors (Lipinski definition) is 5. The second-order valence-electron chi connectivity index (χ2n) is 6.50. The van der Waals surface area contributed by atoms with Gasteiger partial charge in [-0.25, -0.2) is 9.97 Å². The van der Waals surface area contributed by atoms with E-state index in [4.69, 9.17) is 0 Å². The van der Waals surface area contributed by atoms with Crippen LogP contribution in [0, 0.1) is 0 Å². The fraction of sp³-hybridized carbons (Fsp3) is 0.667. The van der Waals surface area contributed by atoms with Gasteiger partial charge < -0.3 is 16.0 Å². The number of amides is 1. The molecule has 0 aromatic carbocycles. The van der Waals surface area contributed by atoms with Crippen molar-refractivity contribution in [3.63, 3.8) is 0 Å². The quantitative estimate of drug-likeness (QED) is 0.748. The Balaban J connectivity index is 1.88. The van der Waals surface area contributed by atoms with Crippen molar-refractivity contribution in [2.45, 2.75) is 51.5 Å². The van der Waals surface area contributed by atoms with E-state index < -0.39 is 0 Å². The first kappa shape index (κ1) is 15.5. The Labute approximate surface area is 126 Å². The summed E-state index contributed by atoms with van der Waals surface area (Å²) in [5.41, 5.74) is -0.190. The standard InChI is InChI=1S/C15H25N5O/c1-15(2,3)20-13(21)7-8-17-12-9-11(16-4)18-14(19-12)10-5-6-10/h9-10H,5-8H2,1-4H3,(H,20,21)(H2,16,17,18,19). The Kier molecular flexibility index (Phi) is 4.65. The molecule has 1 aliphatic rings. The highest BCUT2D eigenvalue weighted by molar-refractivity contribution is 5.77. The van der Waals surface area contributed by atoms with Crippen LogP contribution in [0.5, 0.6) is 0 Å². The Bertz CT molecular complexity index is 505. The minimum atomic E-state index is -0.190. The van der Waals surface area contributed by atoms with Crippen LogP contribution in [0.3, 0.4) is 0 Å². The Hall–Kier alpha value is -1.85. The molecule has 0 radical (unpaired) electrons. The minimum absolute atomic E-state index is 0.0420. The summed E-state index contributed by atoms with van der Waals surface area (Å²) in [7, 11) is 1.85. The normalized spacial score (nSPS) is 14.7. The highest BCUT2D eigenvalue weighted by atomic mass is 16.1. The number of aromatic nitrogens is 2. The largest absolute Gasteiger partial charge is 0.373 e. The van der Waals surface area contributed by atoms with Crippen LogP contribution in [0.15, 0.2) is 6.07 Å². The molecule has 6 heteroatoms. The average molecular weight is 291 g/mol. The summed E-state index contributed by atoms with van der Waals surface area (Å²) in [4.78, 5) is 20.7. The summed E-state index contributed by atoms with van der Waals surface area (Å²) in [6, 6.07) is 1.87. The van der Waals surface area contributed by atoms with Crippen molar-refractivity contribution in [2.24, 2.45) is 0 Å². The van der Waals surface area contributed by atoms with Crippen LogP contribution < -0.4 is 16.0 Å². The van der Waals surface area contributed by atoms with Crippen LogP contribution in [0.2, 0.25) is 0 Å². The van der Waals surface area contributed by atoms with Crippen molar-refractivity contribution in [3.05, 3.63) is 11.9 Å². The molecule has 1 aromatic heterocycles. The van der Waals surface area contributed by atoms with Crippen LogP contribution in [-0.2, 0) is 4.79 Å². The molecule has 1 amide bonds. The fourth-order valence-electron chi connectivity index (χ4n) is 1.99. The Morgan fingerprint density at radius 3 is 2.52 bits per heavy atom. The average Bonchev–Trinajstić information content (AvgIpc) is 3.20. The highest BCUT2D eigenvalue weighted by Gasteiger charge is 2.27. The highest BCUT2D eigenvalue weighted by Crippen LogP contribution is 2.38. The van der Waals surface area contributed by atoms with E-state index >= 15 is 0 Å². The van der Waals surface area contributed by atoms with Crippen LogP contribution >= 0.6 is 0 Å². The van der Waals surface area contributed by atoms with Crippen molar-refractivity contribution in [1.29, 1.82) is 0 Å². The van der Waals surface area contributed by atoms with Gasteiger partial charge >= 0.3 is 0 Å². The van der Waals surface area contributed by atoms with E-state index in [2.05, 4.69) is 25.9 Å². The molecule has 0 atom stereocenters. The number of carbonyl (C=O) groups excluding carboxylic acids is 1. The van der Waals surface area contributed by atoms with E-state index in [1.165, 1.54) is 12.8 Å². The maximum absolute atomic E-state index is 11.8.